The average molecular weight is 609 g/mol. The molecule has 1 aliphatic carbocycles. The maximum atomic E-state index is 14.2. The van der Waals surface area contributed by atoms with Crippen LogP contribution in [0.15, 0.2) is 23.8 Å². The smallest absolute Gasteiger partial charge is 0.499 e. The molecule has 1 aliphatic heterocycles. The highest BCUT2D eigenvalue weighted by Gasteiger charge is 2.62. The van der Waals surface area contributed by atoms with Crippen LogP contribution in [0.4, 0.5) is 22.0 Å². The van der Waals surface area contributed by atoms with E-state index < -0.39 is 58.1 Å². The minimum atomic E-state index is -5.97. The van der Waals surface area contributed by atoms with Crippen LogP contribution in [0.5, 0.6) is 11.5 Å². The summed E-state index contributed by atoms with van der Waals surface area (Å²) >= 11 is 0. The third kappa shape index (κ3) is 7.65. The minimum absolute atomic E-state index is 0.000297. The lowest BCUT2D eigenvalue weighted by atomic mass is 9.67. The Labute approximate surface area is 233 Å². The first kappa shape index (κ1) is 32.1. The molecule has 13 heteroatoms. The van der Waals surface area contributed by atoms with Crippen molar-refractivity contribution in [2.75, 3.05) is 0 Å². The Bertz CT molecular complexity index is 1180. The highest BCUT2D eigenvalue weighted by molar-refractivity contribution is 6.71. The molecular formula is C27H37F5O6Si2. The second-order valence-electron chi connectivity index (χ2n) is 12.8. The van der Waals surface area contributed by atoms with Gasteiger partial charge in [-0.15, -0.1) is 0 Å². The molecule has 0 amide bonds. The van der Waals surface area contributed by atoms with E-state index in [2.05, 4.69) is 4.74 Å². The fraction of sp³-hybridized carbons (Fsp3) is 0.630. The molecule has 2 atom stereocenters. The molecule has 1 aromatic carbocycles. The summed E-state index contributed by atoms with van der Waals surface area (Å²) in [5, 5.41) is 0. The van der Waals surface area contributed by atoms with Gasteiger partial charge >= 0.3 is 18.3 Å². The van der Waals surface area contributed by atoms with Gasteiger partial charge in [-0.25, -0.2) is 4.79 Å². The third-order valence-corrected chi connectivity index (χ3v) is 8.21. The molecule has 0 saturated heterocycles. The maximum absolute atomic E-state index is 14.2. The topological polar surface area (TPSA) is 71.1 Å². The molecule has 1 heterocycles. The monoisotopic (exact) mass is 608 g/mol. The van der Waals surface area contributed by atoms with Gasteiger partial charge in [0, 0.05) is 29.4 Å². The molecule has 3 rings (SSSR count). The van der Waals surface area contributed by atoms with Crippen LogP contribution in [0.1, 0.15) is 50.2 Å². The third-order valence-electron chi connectivity index (χ3n) is 6.57. The number of hydrogen-bond donors (Lipinski definition) is 0. The summed E-state index contributed by atoms with van der Waals surface area (Å²) in [7, 11) is -4.43. The van der Waals surface area contributed by atoms with Crippen molar-refractivity contribution in [3.8, 4) is 11.5 Å². The van der Waals surface area contributed by atoms with Gasteiger partial charge in [0.25, 0.3) is 5.97 Å². The van der Waals surface area contributed by atoms with Gasteiger partial charge in [0.1, 0.15) is 17.1 Å². The lowest BCUT2D eigenvalue weighted by Gasteiger charge is -2.47. The molecule has 0 unspecified atom stereocenters. The summed E-state index contributed by atoms with van der Waals surface area (Å²) in [5.74, 6) is -2.77. The number of halogens is 5. The SMILES string of the molecule is CC1(C)Oc2cc(CCC(=O)O[Si](C)(C)C)cc(OC(F)(F)C(F)(F)F)c2[C@@H]2C=C(C(=O)O[Si](C)(C)C)CC[C@H]21. The fourth-order valence-electron chi connectivity index (χ4n) is 4.98. The van der Waals surface area contributed by atoms with Crippen LogP contribution in [0.3, 0.4) is 0 Å². The molecule has 0 radical (unpaired) electrons. The zero-order chi connectivity index (χ0) is 30.5. The molecule has 0 aromatic heterocycles. The summed E-state index contributed by atoms with van der Waals surface area (Å²) < 4.78 is 89.7. The van der Waals surface area contributed by atoms with Crippen molar-refractivity contribution in [3.05, 3.63) is 34.9 Å². The van der Waals surface area contributed by atoms with E-state index in [1.807, 2.05) is 39.3 Å². The molecule has 0 spiro atoms. The molecule has 0 N–H and O–H groups in total. The Hall–Kier alpha value is -2.42. The van der Waals surface area contributed by atoms with Crippen molar-refractivity contribution in [1.29, 1.82) is 0 Å². The summed E-state index contributed by atoms with van der Waals surface area (Å²) in [6, 6.07) is 2.61. The van der Waals surface area contributed by atoms with Crippen molar-refractivity contribution in [2.45, 2.75) is 103 Å². The highest BCUT2D eigenvalue weighted by atomic mass is 28.4. The second kappa shape index (κ2) is 10.8. The second-order valence-corrected chi connectivity index (χ2v) is 21.6. The molecule has 2 aliphatic rings. The number of benzene rings is 1. The number of carbonyl (C=O) groups is 2. The van der Waals surface area contributed by atoms with Gasteiger partial charge in [-0.1, -0.05) is 6.08 Å². The normalized spacial score (nSPS) is 20.9. The van der Waals surface area contributed by atoms with Crippen LogP contribution in [0, 0.1) is 5.92 Å². The molecule has 0 saturated carbocycles. The molecule has 0 fully saturated rings. The van der Waals surface area contributed by atoms with Crippen LogP contribution < -0.4 is 9.47 Å². The number of carbonyl (C=O) groups excluding carboxylic acids is 2. The minimum Gasteiger partial charge on any atom is -0.520 e. The number of rotatable bonds is 8. The van der Waals surface area contributed by atoms with E-state index in [4.69, 9.17) is 13.6 Å². The molecule has 40 heavy (non-hydrogen) atoms. The van der Waals surface area contributed by atoms with Crippen molar-refractivity contribution in [2.24, 2.45) is 5.92 Å². The van der Waals surface area contributed by atoms with Gasteiger partial charge in [-0.05, 0) is 90.1 Å². The summed E-state index contributed by atoms with van der Waals surface area (Å²) in [6.07, 6.45) is -9.21. The lowest BCUT2D eigenvalue weighted by Crippen LogP contribution is -2.46. The van der Waals surface area contributed by atoms with E-state index in [9.17, 15) is 31.5 Å². The van der Waals surface area contributed by atoms with Crippen LogP contribution >= 0.6 is 0 Å². The molecule has 0 bridgehead atoms. The van der Waals surface area contributed by atoms with E-state index in [0.29, 0.717) is 18.4 Å². The van der Waals surface area contributed by atoms with E-state index in [1.165, 1.54) is 6.07 Å². The average Bonchev–Trinajstić information content (AvgIpc) is 2.73. The largest absolute Gasteiger partial charge is 0.520 e. The summed E-state index contributed by atoms with van der Waals surface area (Å²) in [4.78, 5) is 25.2. The van der Waals surface area contributed by atoms with Gasteiger partial charge < -0.3 is 18.3 Å². The number of alkyl halides is 5. The quantitative estimate of drug-likeness (QED) is 0.225. The number of hydrogen-bond acceptors (Lipinski definition) is 6. The van der Waals surface area contributed by atoms with Crippen LogP contribution in [-0.4, -0.2) is 46.5 Å². The molecule has 224 valence electrons. The van der Waals surface area contributed by atoms with E-state index in [-0.39, 0.29) is 35.6 Å². The van der Waals surface area contributed by atoms with Gasteiger partial charge in [0.15, 0.2) is 0 Å². The van der Waals surface area contributed by atoms with Gasteiger partial charge in [-0.3, -0.25) is 4.79 Å². The Morgan fingerprint density at radius 3 is 2.15 bits per heavy atom. The number of fused-ring (bicyclic) bond motifs is 3. The van der Waals surface area contributed by atoms with E-state index >= 15 is 0 Å². The number of aryl methyl sites for hydroxylation is 1. The van der Waals surface area contributed by atoms with E-state index in [0.717, 1.165) is 6.07 Å². The zero-order valence-electron chi connectivity index (χ0n) is 24.1. The van der Waals surface area contributed by atoms with Crippen molar-refractivity contribution in [1.82, 2.24) is 0 Å². The predicted molar refractivity (Wildman–Crippen MR) is 144 cm³/mol. The maximum Gasteiger partial charge on any atom is 0.499 e. The van der Waals surface area contributed by atoms with Gasteiger partial charge in [0.2, 0.25) is 16.6 Å². The predicted octanol–water partition coefficient (Wildman–Crippen LogP) is 7.50. The van der Waals surface area contributed by atoms with Crippen molar-refractivity contribution >= 4 is 28.6 Å². The lowest BCUT2D eigenvalue weighted by molar-refractivity contribution is -0.360. The first-order chi connectivity index (χ1) is 18.0. The Morgan fingerprint density at radius 2 is 1.60 bits per heavy atom. The van der Waals surface area contributed by atoms with Crippen molar-refractivity contribution < 1.29 is 49.9 Å². The zero-order valence-corrected chi connectivity index (χ0v) is 26.1. The standard InChI is InChI=1S/C27H37F5O6Si2/c1-25(2)19-11-10-17(24(34)38-40(6,7)8)15-18(19)23-20(35-25)13-16(9-12-22(33)37-39(3,4)5)14-21(23)36-27(31,32)26(28,29)30/h13-15,18-19H,9-12H2,1-8H3/t18-,19-/m1/s1. The molecule has 1 aromatic rings. The van der Waals surface area contributed by atoms with Gasteiger partial charge in [0.05, 0.1) is 0 Å². The van der Waals surface area contributed by atoms with Crippen LogP contribution in [0.25, 0.3) is 0 Å². The number of allylic oxidation sites excluding steroid dienone is 1. The summed E-state index contributed by atoms with van der Waals surface area (Å²) in [5.41, 5.74) is -0.243. The first-order valence-corrected chi connectivity index (χ1v) is 20.0. The fourth-order valence-corrected chi connectivity index (χ4v) is 6.45. The number of ether oxygens (including phenoxy) is 2. The Morgan fingerprint density at radius 1 is 1.00 bits per heavy atom. The summed E-state index contributed by atoms with van der Waals surface area (Å²) in [6.45, 7) is 14.6. The molecule has 6 nitrogen and oxygen atoms in total. The van der Waals surface area contributed by atoms with E-state index in [1.54, 1.807) is 19.9 Å². The molecular weight excluding hydrogens is 571 g/mol. The Kier molecular flexibility index (Phi) is 8.64. The van der Waals surface area contributed by atoms with Crippen molar-refractivity contribution in [3.63, 3.8) is 0 Å². The Balaban J connectivity index is 2.11. The van der Waals surface area contributed by atoms with Crippen LogP contribution in [-0.2, 0) is 24.9 Å². The highest BCUT2D eigenvalue weighted by Crippen LogP contribution is 2.55. The van der Waals surface area contributed by atoms with Gasteiger partial charge in [-0.2, -0.15) is 22.0 Å². The first-order valence-electron chi connectivity index (χ1n) is 13.1. The van der Waals surface area contributed by atoms with Crippen LogP contribution in [0.2, 0.25) is 39.3 Å².